The molecule has 0 spiro atoms. The Bertz CT molecular complexity index is 645. The van der Waals surface area contributed by atoms with Crippen LogP contribution in [0.5, 0.6) is 0 Å². The Balaban J connectivity index is 1.67. The molecule has 0 aliphatic carbocycles. The molecule has 1 aromatic heterocycles. The Morgan fingerprint density at radius 1 is 1.29 bits per heavy atom. The molecule has 1 saturated heterocycles. The van der Waals surface area contributed by atoms with Crippen LogP contribution in [0.1, 0.15) is 29.4 Å². The summed E-state index contributed by atoms with van der Waals surface area (Å²) in [5, 5.41) is 0. The molecule has 2 aromatic rings. The number of halogens is 2. The number of hydrogen-bond acceptors (Lipinski definition) is 3. The molecule has 1 aliphatic rings. The molecule has 1 unspecified atom stereocenters. The highest BCUT2D eigenvalue weighted by molar-refractivity contribution is 5.19. The van der Waals surface area contributed by atoms with Crippen molar-refractivity contribution < 1.29 is 8.78 Å². The van der Waals surface area contributed by atoms with Crippen LogP contribution in [-0.4, -0.2) is 28.0 Å². The van der Waals surface area contributed by atoms with Crippen molar-refractivity contribution in [1.82, 2.24) is 14.9 Å². The summed E-state index contributed by atoms with van der Waals surface area (Å²) in [6.07, 6.45) is 2.74. The van der Waals surface area contributed by atoms with Gasteiger partial charge in [0.1, 0.15) is 17.5 Å². The number of hydrogen-bond donors (Lipinski definition) is 0. The fourth-order valence-corrected chi connectivity index (χ4v) is 2.74. The third-order valence-electron chi connectivity index (χ3n) is 3.86. The smallest absolute Gasteiger partial charge is 0.132 e. The standard InChI is InChI=1S/C16H17F2N3/c1-11-4-6-19-16(20-11)13-5-7-21(10-13)9-12-2-3-14(17)8-15(12)18/h2-4,6,8,13H,5,7,9-10H2,1H3. The fraction of sp³-hybridized carbons (Fsp3) is 0.375. The Hall–Kier alpha value is -1.88. The van der Waals surface area contributed by atoms with Crippen molar-refractivity contribution >= 4 is 0 Å². The minimum Gasteiger partial charge on any atom is -0.298 e. The zero-order valence-corrected chi connectivity index (χ0v) is 11.9. The van der Waals surface area contributed by atoms with Crippen molar-refractivity contribution in [3.05, 3.63) is 59.2 Å². The lowest BCUT2D eigenvalue weighted by molar-refractivity contribution is 0.319. The maximum absolute atomic E-state index is 13.7. The molecule has 3 nitrogen and oxygen atoms in total. The van der Waals surface area contributed by atoms with Gasteiger partial charge in [0.2, 0.25) is 0 Å². The second-order valence-corrected chi connectivity index (χ2v) is 5.51. The fourth-order valence-electron chi connectivity index (χ4n) is 2.74. The van der Waals surface area contributed by atoms with Crippen molar-refractivity contribution in [3.63, 3.8) is 0 Å². The Morgan fingerprint density at radius 2 is 2.14 bits per heavy atom. The predicted octanol–water partition coefficient (Wildman–Crippen LogP) is 3.05. The zero-order valence-electron chi connectivity index (χ0n) is 11.9. The van der Waals surface area contributed by atoms with Gasteiger partial charge in [-0.25, -0.2) is 18.7 Å². The van der Waals surface area contributed by atoms with E-state index in [4.69, 9.17) is 0 Å². The van der Waals surface area contributed by atoms with Crippen LogP contribution >= 0.6 is 0 Å². The largest absolute Gasteiger partial charge is 0.298 e. The first kappa shape index (κ1) is 14.1. The molecule has 2 heterocycles. The molecule has 1 fully saturated rings. The van der Waals surface area contributed by atoms with Crippen LogP contribution in [0.15, 0.2) is 30.5 Å². The van der Waals surface area contributed by atoms with Gasteiger partial charge in [-0.05, 0) is 32.0 Å². The van der Waals surface area contributed by atoms with E-state index in [1.807, 2.05) is 13.0 Å². The topological polar surface area (TPSA) is 29.0 Å². The third-order valence-corrected chi connectivity index (χ3v) is 3.86. The van der Waals surface area contributed by atoms with Crippen molar-refractivity contribution in [1.29, 1.82) is 0 Å². The number of nitrogens with zero attached hydrogens (tertiary/aromatic N) is 3. The summed E-state index contributed by atoms with van der Waals surface area (Å²) < 4.78 is 26.6. The third kappa shape index (κ3) is 3.24. The SMILES string of the molecule is Cc1ccnc(C2CCN(Cc3ccc(F)cc3F)C2)n1. The second-order valence-electron chi connectivity index (χ2n) is 5.51. The number of benzene rings is 1. The van der Waals surface area contributed by atoms with E-state index in [0.29, 0.717) is 12.1 Å². The van der Waals surface area contributed by atoms with E-state index < -0.39 is 11.6 Å². The van der Waals surface area contributed by atoms with Crippen LogP contribution in [0, 0.1) is 18.6 Å². The van der Waals surface area contributed by atoms with Crippen LogP contribution in [0.2, 0.25) is 0 Å². The summed E-state index contributed by atoms with van der Waals surface area (Å²) in [4.78, 5) is 11.0. The number of aromatic nitrogens is 2. The van der Waals surface area contributed by atoms with Crippen LogP contribution in [0.3, 0.4) is 0 Å². The summed E-state index contributed by atoms with van der Waals surface area (Å²) in [5.41, 5.74) is 1.49. The average Bonchev–Trinajstić information content (AvgIpc) is 2.91. The lowest BCUT2D eigenvalue weighted by Gasteiger charge is -2.16. The van der Waals surface area contributed by atoms with E-state index in [1.165, 1.54) is 12.1 Å². The molecule has 21 heavy (non-hydrogen) atoms. The molecular formula is C16H17F2N3. The monoisotopic (exact) mass is 289 g/mol. The summed E-state index contributed by atoms with van der Waals surface area (Å²) in [6.45, 7) is 4.12. The first-order valence-corrected chi connectivity index (χ1v) is 7.07. The quantitative estimate of drug-likeness (QED) is 0.869. The predicted molar refractivity (Wildman–Crippen MR) is 75.8 cm³/mol. The van der Waals surface area contributed by atoms with Gasteiger partial charge in [-0.1, -0.05) is 6.07 Å². The Labute approximate surface area is 122 Å². The molecule has 0 N–H and O–H groups in total. The van der Waals surface area contributed by atoms with Gasteiger partial charge in [0, 0.05) is 42.5 Å². The van der Waals surface area contributed by atoms with Gasteiger partial charge >= 0.3 is 0 Å². The van der Waals surface area contributed by atoms with Crippen molar-refractivity contribution in [2.75, 3.05) is 13.1 Å². The first-order chi connectivity index (χ1) is 10.1. The van der Waals surface area contributed by atoms with E-state index in [0.717, 1.165) is 37.1 Å². The van der Waals surface area contributed by atoms with Gasteiger partial charge in [0.05, 0.1) is 0 Å². The highest BCUT2D eigenvalue weighted by Crippen LogP contribution is 2.26. The molecule has 1 aliphatic heterocycles. The highest BCUT2D eigenvalue weighted by Gasteiger charge is 2.26. The zero-order chi connectivity index (χ0) is 14.8. The van der Waals surface area contributed by atoms with Crippen LogP contribution in [0.25, 0.3) is 0 Å². The van der Waals surface area contributed by atoms with Crippen LogP contribution in [-0.2, 0) is 6.54 Å². The summed E-state index contributed by atoms with van der Waals surface area (Å²) in [5.74, 6) is 0.124. The van der Waals surface area contributed by atoms with Crippen LogP contribution in [0.4, 0.5) is 8.78 Å². The van der Waals surface area contributed by atoms with Gasteiger partial charge in [-0.3, -0.25) is 4.90 Å². The summed E-state index contributed by atoms with van der Waals surface area (Å²) in [7, 11) is 0. The number of aryl methyl sites for hydroxylation is 1. The molecule has 0 bridgehead atoms. The minimum absolute atomic E-state index is 0.286. The lowest BCUT2D eigenvalue weighted by atomic mass is 10.1. The van der Waals surface area contributed by atoms with Gasteiger partial charge < -0.3 is 0 Å². The van der Waals surface area contributed by atoms with Crippen LogP contribution < -0.4 is 0 Å². The lowest BCUT2D eigenvalue weighted by Crippen LogP contribution is -2.21. The molecule has 5 heteroatoms. The number of rotatable bonds is 3. The molecular weight excluding hydrogens is 272 g/mol. The first-order valence-electron chi connectivity index (χ1n) is 7.07. The maximum Gasteiger partial charge on any atom is 0.132 e. The molecule has 110 valence electrons. The average molecular weight is 289 g/mol. The molecule has 1 atom stereocenters. The van der Waals surface area contributed by atoms with Gasteiger partial charge in [-0.2, -0.15) is 0 Å². The maximum atomic E-state index is 13.7. The van der Waals surface area contributed by atoms with E-state index >= 15 is 0 Å². The Kier molecular flexibility index (Phi) is 3.92. The summed E-state index contributed by atoms with van der Waals surface area (Å²) in [6, 6.07) is 5.63. The Morgan fingerprint density at radius 3 is 2.90 bits per heavy atom. The van der Waals surface area contributed by atoms with Gasteiger partial charge in [-0.15, -0.1) is 0 Å². The normalized spacial score (nSPS) is 19.1. The molecule has 0 radical (unpaired) electrons. The van der Waals surface area contributed by atoms with E-state index in [1.54, 1.807) is 6.20 Å². The van der Waals surface area contributed by atoms with Crippen molar-refractivity contribution in [3.8, 4) is 0 Å². The van der Waals surface area contributed by atoms with Crippen molar-refractivity contribution in [2.45, 2.75) is 25.8 Å². The minimum atomic E-state index is -0.538. The van der Waals surface area contributed by atoms with E-state index in [2.05, 4.69) is 14.9 Å². The van der Waals surface area contributed by atoms with Crippen molar-refractivity contribution in [2.24, 2.45) is 0 Å². The summed E-state index contributed by atoms with van der Waals surface area (Å²) >= 11 is 0. The highest BCUT2D eigenvalue weighted by atomic mass is 19.1. The molecule has 0 amide bonds. The second kappa shape index (κ2) is 5.85. The molecule has 0 saturated carbocycles. The molecule has 1 aromatic carbocycles. The number of likely N-dealkylation sites (tertiary alicyclic amines) is 1. The van der Waals surface area contributed by atoms with Gasteiger partial charge in [0.15, 0.2) is 0 Å². The van der Waals surface area contributed by atoms with E-state index in [9.17, 15) is 8.78 Å². The van der Waals surface area contributed by atoms with Gasteiger partial charge in [0.25, 0.3) is 0 Å². The van der Waals surface area contributed by atoms with E-state index in [-0.39, 0.29) is 5.92 Å². The molecule has 3 rings (SSSR count).